The number of carbonyl (C=O) groups excluding carboxylic acids is 1. The Balaban J connectivity index is 1.74. The van der Waals surface area contributed by atoms with Gasteiger partial charge in [-0.15, -0.1) is 0 Å². The van der Waals surface area contributed by atoms with E-state index in [1.807, 2.05) is 25.7 Å². The Morgan fingerprint density at radius 1 is 1.32 bits per heavy atom. The van der Waals surface area contributed by atoms with Gasteiger partial charge in [0, 0.05) is 37.5 Å². The molecule has 0 radical (unpaired) electrons. The SMILES string of the molecule is CC(C)(C)OC(=O)N1CCN(c2ccc([N+](=O)[O-])c(F)c2)CC12CC2. The Labute approximate surface area is 145 Å². The standard InChI is InChI=1S/C17H22FN3O4/c1-16(2,3)25-15(22)20-9-8-19(11-17(20)6-7-17)12-4-5-14(21(23)24)13(18)10-12/h4-5,10H,6-9,11H2,1-3H3. The van der Waals surface area contributed by atoms with Crippen molar-refractivity contribution in [1.82, 2.24) is 4.90 Å². The molecule has 25 heavy (non-hydrogen) atoms. The van der Waals surface area contributed by atoms with E-state index in [0.717, 1.165) is 12.8 Å². The molecular formula is C17H22FN3O4. The molecule has 1 heterocycles. The predicted molar refractivity (Wildman–Crippen MR) is 90.2 cm³/mol. The maximum atomic E-state index is 13.9. The smallest absolute Gasteiger partial charge is 0.410 e. The molecular weight excluding hydrogens is 329 g/mol. The molecule has 3 rings (SSSR count). The van der Waals surface area contributed by atoms with Crippen molar-refractivity contribution in [3.8, 4) is 0 Å². The highest BCUT2D eigenvalue weighted by Gasteiger charge is 2.54. The predicted octanol–water partition coefficient (Wildman–Crippen LogP) is 3.32. The lowest BCUT2D eigenvalue weighted by Gasteiger charge is -2.43. The minimum absolute atomic E-state index is 0.279. The van der Waals surface area contributed by atoms with E-state index < -0.39 is 22.0 Å². The van der Waals surface area contributed by atoms with Crippen molar-refractivity contribution in [3.63, 3.8) is 0 Å². The molecule has 0 atom stereocenters. The van der Waals surface area contributed by atoms with Crippen molar-refractivity contribution >= 4 is 17.5 Å². The van der Waals surface area contributed by atoms with Crippen LogP contribution >= 0.6 is 0 Å². The minimum Gasteiger partial charge on any atom is -0.444 e. The Kier molecular flexibility index (Phi) is 4.09. The summed E-state index contributed by atoms with van der Waals surface area (Å²) in [5.41, 5.74) is -0.763. The highest BCUT2D eigenvalue weighted by Crippen LogP contribution is 2.45. The van der Waals surface area contributed by atoms with Crippen LogP contribution in [0.1, 0.15) is 33.6 Å². The maximum absolute atomic E-state index is 13.9. The third-order valence-corrected chi connectivity index (χ3v) is 4.59. The summed E-state index contributed by atoms with van der Waals surface area (Å²) < 4.78 is 19.4. The van der Waals surface area contributed by atoms with Gasteiger partial charge in [0.1, 0.15) is 5.60 Å². The van der Waals surface area contributed by atoms with E-state index in [0.29, 0.717) is 25.3 Å². The van der Waals surface area contributed by atoms with Crippen molar-refractivity contribution in [2.45, 2.75) is 44.8 Å². The van der Waals surface area contributed by atoms with Crippen molar-refractivity contribution in [2.24, 2.45) is 0 Å². The Morgan fingerprint density at radius 2 is 2.00 bits per heavy atom. The number of benzene rings is 1. The van der Waals surface area contributed by atoms with Crippen molar-refractivity contribution < 1.29 is 18.8 Å². The fourth-order valence-corrected chi connectivity index (χ4v) is 3.21. The lowest BCUT2D eigenvalue weighted by molar-refractivity contribution is -0.387. The van der Waals surface area contributed by atoms with Crippen LogP contribution in [0.3, 0.4) is 0 Å². The first kappa shape index (κ1) is 17.4. The van der Waals surface area contributed by atoms with Crippen molar-refractivity contribution in [3.05, 3.63) is 34.1 Å². The highest BCUT2D eigenvalue weighted by atomic mass is 19.1. The monoisotopic (exact) mass is 351 g/mol. The fourth-order valence-electron chi connectivity index (χ4n) is 3.21. The molecule has 0 bridgehead atoms. The van der Waals surface area contributed by atoms with Crippen LogP contribution in [0.5, 0.6) is 0 Å². The maximum Gasteiger partial charge on any atom is 0.410 e. The second kappa shape index (κ2) is 5.86. The topological polar surface area (TPSA) is 75.9 Å². The van der Waals surface area contributed by atoms with E-state index in [4.69, 9.17) is 4.74 Å². The van der Waals surface area contributed by atoms with Gasteiger partial charge in [-0.2, -0.15) is 4.39 Å². The van der Waals surface area contributed by atoms with Gasteiger partial charge in [0.2, 0.25) is 5.82 Å². The zero-order valence-electron chi connectivity index (χ0n) is 14.6. The molecule has 1 aromatic carbocycles. The second-order valence-electron chi connectivity index (χ2n) is 7.67. The van der Waals surface area contributed by atoms with Crippen LogP contribution in [-0.4, -0.2) is 46.7 Å². The van der Waals surface area contributed by atoms with Gasteiger partial charge in [-0.1, -0.05) is 0 Å². The molecule has 0 N–H and O–H groups in total. The number of ether oxygens (including phenoxy) is 1. The van der Waals surface area contributed by atoms with Gasteiger partial charge in [0.05, 0.1) is 10.5 Å². The first-order valence-electron chi connectivity index (χ1n) is 8.31. The summed E-state index contributed by atoms with van der Waals surface area (Å²) in [5.74, 6) is -0.845. The number of nitro benzene ring substituents is 1. The van der Waals surface area contributed by atoms with Crippen LogP contribution in [-0.2, 0) is 4.74 Å². The highest BCUT2D eigenvalue weighted by molar-refractivity contribution is 5.71. The summed E-state index contributed by atoms with van der Waals surface area (Å²) in [5, 5.41) is 10.7. The second-order valence-corrected chi connectivity index (χ2v) is 7.67. The summed E-state index contributed by atoms with van der Waals surface area (Å²) in [6.07, 6.45) is 1.43. The van der Waals surface area contributed by atoms with Crippen molar-refractivity contribution in [1.29, 1.82) is 0 Å². The zero-order valence-corrected chi connectivity index (χ0v) is 14.6. The molecule has 0 aromatic heterocycles. The summed E-state index contributed by atoms with van der Waals surface area (Å²) in [4.78, 5) is 26.2. The number of amides is 1. The molecule has 0 unspecified atom stereocenters. The summed E-state index contributed by atoms with van der Waals surface area (Å²) in [6, 6.07) is 3.93. The number of anilines is 1. The van der Waals surface area contributed by atoms with Crippen LogP contribution < -0.4 is 4.90 Å². The van der Waals surface area contributed by atoms with Gasteiger partial charge < -0.3 is 9.64 Å². The van der Waals surface area contributed by atoms with E-state index >= 15 is 0 Å². The molecule has 1 saturated heterocycles. The number of nitro groups is 1. The number of hydrogen-bond acceptors (Lipinski definition) is 5. The summed E-state index contributed by atoms with van der Waals surface area (Å²) in [6.45, 7) is 7.08. The van der Waals surface area contributed by atoms with Crippen LogP contribution in [0.15, 0.2) is 18.2 Å². The van der Waals surface area contributed by atoms with Crippen LogP contribution in [0.25, 0.3) is 0 Å². The Bertz CT molecular complexity index is 712. The molecule has 2 aliphatic rings. The molecule has 136 valence electrons. The molecule has 8 heteroatoms. The summed E-state index contributed by atoms with van der Waals surface area (Å²) in [7, 11) is 0. The molecule has 1 aliphatic carbocycles. The molecule has 1 amide bonds. The normalized spacial score (nSPS) is 19.0. The quantitative estimate of drug-likeness (QED) is 0.603. The van der Waals surface area contributed by atoms with Gasteiger partial charge in [0.15, 0.2) is 0 Å². The van der Waals surface area contributed by atoms with Crippen LogP contribution in [0.2, 0.25) is 0 Å². The van der Waals surface area contributed by atoms with E-state index in [1.165, 1.54) is 12.1 Å². The Hall–Kier alpha value is -2.38. The molecule has 7 nitrogen and oxygen atoms in total. The molecule has 1 aliphatic heterocycles. The largest absolute Gasteiger partial charge is 0.444 e. The van der Waals surface area contributed by atoms with Crippen LogP contribution in [0.4, 0.5) is 20.6 Å². The number of nitrogens with zero attached hydrogens (tertiary/aromatic N) is 3. The Morgan fingerprint density at radius 3 is 2.52 bits per heavy atom. The first-order chi connectivity index (χ1) is 11.6. The van der Waals surface area contributed by atoms with E-state index in [2.05, 4.69) is 0 Å². The van der Waals surface area contributed by atoms with Gasteiger partial charge in [-0.3, -0.25) is 15.0 Å². The van der Waals surface area contributed by atoms with Gasteiger partial charge >= 0.3 is 11.8 Å². The molecule has 1 aromatic rings. The van der Waals surface area contributed by atoms with E-state index in [-0.39, 0.29) is 11.6 Å². The first-order valence-corrected chi connectivity index (χ1v) is 8.31. The average molecular weight is 351 g/mol. The van der Waals surface area contributed by atoms with Crippen molar-refractivity contribution in [2.75, 3.05) is 24.5 Å². The fraction of sp³-hybridized carbons (Fsp3) is 0.588. The lowest BCUT2D eigenvalue weighted by Crippen LogP contribution is -2.58. The molecule has 2 fully saturated rings. The van der Waals surface area contributed by atoms with E-state index in [1.54, 1.807) is 11.0 Å². The minimum atomic E-state index is -0.845. The van der Waals surface area contributed by atoms with E-state index in [9.17, 15) is 19.3 Å². The van der Waals surface area contributed by atoms with Gasteiger partial charge in [0.25, 0.3) is 0 Å². The lowest BCUT2D eigenvalue weighted by atomic mass is 10.1. The third-order valence-electron chi connectivity index (χ3n) is 4.59. The third kappa shape index (κ3) is 3.52. The number of piperazine rings is 1. The van der Waals surface area contributed by atoms with Gasteiger partial charge in [-0.05, 0) is 39.7 Å². The number of rotatable bonds is 2. The zero-order chi connectivity index (χ0) is 18.4. The van der Waals surface area contributed by atoms with Crippen LogP contribution in [0, 0.1) is 15.9 Å². The number of halogens is 1. The summed E-state index contributed by atoms with van der Waals surface area (Å²) >= 11 is 0. The molecule has 1 saturated carbocycles. The van der Waals surface area contributed by atoms with Gasteiger partial charge in [-0.25, -0.2) is 4.79 Å². The number of carbonyl (C=O) groups is 1. The average Bonchev–Trinajstić information content (AvgIpc) is 3.24. The number of hydrogen-bond donors (Lipinski definition) is 0. The molecule has 1 spiro atoms.